The van der Waals surface area contributed by atoms with E-state index in [9.17, 15) is 4.79 Å². The van der Waals surface area contributed by atoms with Crippen molar-refractivity contribution in [1.29, 1.82) is 0 Å². The van der Waals surface area contributed by atoms with Crippen molar-refractivity contribution in [3.63, 3.8) is 0 Å². The number of nitrogens with one attached hydrogen (secondary N) is 1. The average Bonchev–Trinajstić information content (AvgIpc) is 3.11. The van der Waals surface area contributed by atoms with Crippen molar-refractivity contribution in [1.82, 2.24) is 9.97 Å². The quantitative estimate of drug-likeness (QED) is 0.631. The Kier molecular flexibility index (Phi) is 5.49. The van der Waals surface area contributed by atoms with Crippen molar-refractivity contribution >= 4 is 22.4 Å². The molecule has 4 N–H and O–H groups in total. The zero-order valence-electron chi connectivity index (χ0n) is 13.4. The topological polar surface area (TPSA) is 101 Å². The van der Waals surface area contributed by atoms with E-state index in [1.165, 1.54) is 11.3 Å². The molecule has 0 saturated carbocycles. The van der Waals surface area contributed by atoms with Gasteiger partial charge in [-0.05, 0) is 35.7 Å². The normalized spacial score (nSPS) is 11.9. The monoisotopic (exact) mass is 354 g/mol. The third-order valence-electron chi connectivity index (χ3n) is 3.68. The Morgan fingerprint density at radius 1 is 1.20 bits per heavy atom. The first-order valence-electron chi connectivity index (χ1n) is 7.81. The van der Waals surface area contributed by atoms with Gasteiger partial charge in [-0.1, -0.05) is 18.2 Å². The molecule has 3 rings (SSSR count). The molecule has 0 aliphatic rings. The molecule has 0 radical (unpaired) electrons. The van der Waals surface area contributed by atoms with Gasteiger partial charge in [-0.15, -0.1) is 11.3 Å². The summed E-state index contributed by atoms with van der Waals surface area (Å²) in [5.41, 5.74) is 9.58. The predicted octanol–water partition coefficient (Wildman–Crippen LogP) is 2.52. The SMILES string of the molecule is N[C@@H](CCO)C(=O)Nc1nc(-c2cccc(-c3ccncc3)c2)cs1. The van der Waals surface area contributed by atoms with Gasteiger partial charge in [-0.2, -0.15) is 0 Å². The van der Waals surface area contributed by atoms with Gasteiger partial charge in [-0.25, -0.2) is 4.98 Å². The number of aromatic nitrogens is 2. The summed E-state index contributed by atoms with van der Waals surface area (Å²) >= 11 is 1.34. The second-order valence-corrected chi connectivity index (χ2v) is 6.32. The summed E-state index contributed by atoms with van der Waals surface area (Å²) in [4.78, 5) is 20.4. The Bertz CT molecular complexity index is 851. The highest BCUT2D eigenvalue weighted by molar-refractivity contribution is 7.14. The predicted molar refractivity (Wildman–Crippen MR) is 99.1 cm³/mol. The molecule has 7 heteroatoms. The fourth-order valence-corrected chi connectivity index (χ4v) is 3.06. The first-order valence-corrected chi connectivity index (χ1v) is 8.69. The second kappa shape index (κ2) is 7.98. The van der Waals surface area contributed by atoms with Crippen molar-refractivity contribution in [3.8, 4) is 22.4 Å². The highest BCUT2D eigenvalue weighted by atomic mass is 32.1. The number of nitrogens with two attached hydrogens (primary N) is 1. The van der Waals surface area contributed by atoms with Crippen LogP contribution in [0.4, 0.5) is 5.13 Å². The molecule has 0 spiro atoms. The number of aliphatic hydroxyl groups excluding tert-OH is 1. The Morgan fingerprint density at radius 3 is 2.72 bits per heavy atom. The van der Waals surface area contributed by atoms with Crippen molar-refractivity contribution in [2.24, 2.45) is 5.73 Å². The lowest BCUT2D eigenvalue weighted by molar-refractivity contribution is -0.117. The van der Waals surface area contributed by atoms with Crippen LogP contribution in [0.2, 0.25) is 0 Å². The van der Waals surface area contributed by atoms with Gasteiger partial charge in [0, 0.05) is 29.9 Å². The Hall–Kier alpha value is -2.61. The Labute approximate surface area is 149 Å². The summed E-state index contributed by atoms with van der Waals surface area (Å²) in [5.74, 6) is -0.347. The largest absolute Gasteiger partial charge is 0.396 e. The van der Waals surface area contributed by atoms with Crippen LogP contribution in [-0.4, -0.2) is 33.6 Å². The van der Waals surface area contributed by atoms with Crippen molar-refractivity contribution < 1.29 is 9.90 Å². The van der Waals surface area contributed by atoms with E-state index >= 15 is 0 Å². The van der Waals surface area contributed by atoms with Crippen molar-refractivity contribution in [3.05, 3.63) is 54.2 Å². The Morgan fingerprint density at radius 2 is 1.96 bits per heavy atom. The standard InChI is InChI=1S/C18H18N4O2S/c19-15(6-9-23)17(24)22-18-21-16(11-25-18)14-3-1-2-13(10-14)12-4-7-20-8-5-12/h1-5,7-8,10-11,15,23H,6,9,19H2,(H,21,22,24)/t15-/m0/s1. The van der Waals surface area contributed by atoms with Gasteiger partial charge in [0.15, 0.2) is 5.13 Å². The lowest BCUT2D eigenvalue weighted by atomic mass is 10.0. The maximum atomic E-state index is 11.9. The molecule has 1 aromatic carbocycles. The van der Waals surface area contributed by atoms with Crippen LogP contribution < -0.4 is 11.1 Å². The van der Waals surface area contributed by atoms with Crippen molar-refractivity contribution in [2.75, 3.05) is 11.9 Å². The number of thiazole rings is 1. The van der Waals surface area contributed by atoms with Gasteiger partial charge >= 0.3 is 0 Å². The fourth-order valence-electron chi connectivity index (χ4n) is 2.33. The van der Waals surface area contributed by atoms with Gasteiger partial charge in [0.1, 0.15) is 0 Å². The van der Waals surface area contributed by atoms with E-state index in [4.69, 9.17) is 10.8 Å². The van der Waals surface area contributed by atoms with Crippen LogP contribution >= 0.6 is 11.3 Å². The molecule has 25 heavy (non-hydrogen) atoms. The molecule has 0 saturated heterocycles. The molecule has 1 amide bonds. The smallest absolute Gasteiger partial charge is 0.243 e. The second-order valence-electron chi connectivity index (χ2n) is 5.46. The van der Waals surface area contributed by atoms with E-state index in [1.807, 2.05) is 41.8 Å². The molecule has 0 bridgehead atoms. The van der Waals surface area contributed by atoms with E-state index in [2.05, 4.69) is 15.3 Å². The highest BCUT2D eigenvalue weighted by Gasteiger charge is 2.15. The molecule has 2 aromatic heterocycles. The maximum absolute atomic E-state index is 11.9. The van der Waals surface area contributed by atoms with Gasteiger partial charge in [0.05, 0.1) is 11.7 Å². The number of hydrogen-bond acceptors (Lipinski definition) is 6. The molecule has 6 nitrogen and oxygen atoms in total. The average molecular weight is 354 g/mol. The first-order chi connectivity index (χ1) is 12.2. The zero-order chi connectivity index (χ0) is 17.6. The number of anilines is 1. The lowest BCUT2D eigenvalue weighted by Gasteiger charge is -2.08. The summed E-state index contributed by atoms with van der Waals surface area (Å²) in [6, 6.07) is 11.2. The first kappa shape index (κ1) is 17.2. The number of carbonyl (C=O) groups is 1. The minimum absolute atomic E-state index is 0.125. The van der Waals surface area contributed by atoms with Crippen LogP contribution in [0.25, 0.3) is 22.4 Å². The summed E-state index contributed by atoms with van der Waals surface area (Å²) in [6.45, 7) is -0.125. The molecular weight excluding hydrogens is 336 g/mol. The number of carbonyl (C=O) groups excluding carboxylic acids is 1. The molecular formula is C18H18N4O2S. The fraction of sp³-hybridized carbons (Fsp3) is 0.167. The number of nitrogens with zero attached hydrogens (tertiary/aromatic N) is 2. The number of hydrogen-bond donors (Lipinski definition) is 3. The number of pyridine rings is 1. The molecule has 128 valence electrons. The van der Waals surface area contributed by atoms with E-state index in [0.717, 1.165) is 22.4 Å². The summed E-state index contributed by atoms with van der Waals surface area (Å²) in [5, 5.41) is 13.9. The third-order valence-corrected chi connectivity index (χ3v) is 4.44. The summed E-state index contributed by atoms with van der Waals surface area (Å²) in [7, 11) is 0. The van der Waals surface area contributed by atoms with Gasteiger partial charge < -0.3 is 16.2 Å². The van der Waals surface area contributed by atoms with Crippen LogP contribution in [0, 0.1) is 0 Å². The molecule has 0 fully saturated rings. The minimum Gasteiger partial charge on any atom is -0.396 e. The number of aliphatic hydroxyl groups is 1. The molecule has 0 aliphatic carbocycles. The van der Waals surface area contributed by atoms with E-state index in [-0.39, 0.29) is 18.9 Å². The van der Waals surface area contributed by atoms with E-state index < -0.39 is 6.04 Å². The summed E-state index contributed by atoms with van der Waals surface area (Å²) in [6.07, 6.45) is 3.74. The van der Waals surface area contributed by atoms with Gasteiger partial charge in [0.2, 0.25) is 5.91 Å². The number of rotatable bonds is 6. The number of amides is 1. The van der Waals surface area contributed by atoms with E-state index in [1.54, 1.807) is 12.4 Å². The van der Waals surface area contributed by atoms with Crippen LogP contribution in [0.3, 0.4) is 0 Å². The highest BCUT2D eigenvalue weighted by Crippen LogP contribution is 2.28. The Balaban J connectivity index is 1.78. The van der Waals surface area contributed by atoms with E-state index in [0.29, 0.717) is 5.13 Å². The maximum Gasteiger partial charge on any atom is 0.243 e. The molecule has 0 aliphatic heterocycles. The van der Waals surface area contributed by atoms with Crippen LogP contribution in [-0.2, 0) is 4.79 Å². The number of benzene rings is 1. The van der Waals surface area contributed by atoms with Crippen molar-refractivity contribution in [2.45, 2.75) is 12.5 Å². The molecule has 2 heterocycles. The van der Waals surface area contributed by atoms with Crippen LogP contribution in [0.1, 0.15) is 6.42 Å². The molecule has 0 unspecified atom stereocenters. The molecule has 1 atom stereocenters. The minimum atomic E-state index is -0.743. The molecule has 3 aromatic rings. The van der Waals surface area contributed by atoms with Gasteiger partial charge in [-0.3, -0.25) is 9.78 Å². The third kappa shape index (κ3) is 4.27. The van der Waals surface area contributed by atoms with Crippen LogP contribution in [0.15, 0.2) is 54.2 Å². The zero-order valence-corrected chi connectivity index (χ0v) is 14.2. The lowest BCUT2D eigenvalue weighted by Crippen LogP contribution is -2.36. The van der Waals surface area contributed by atoms with Gasteiger partial charge in [0.25, 0.3) is 0 Å². The summed E-state index contributed by atoms with van der Waals surface area (Å²) < 4.78 is 0. The van der Waals surface area contributed by atoms with Crippen LogP contribution in [0.5, 0.6) is 0 Å².